The Bertz CT molecular complexity index is 1190. The molecule has 0 aliphatic carbocycles. The average Bonchev–Trinajstić information content (AvgIpc) is 3.01. The first-order valence-corrected chi connectivity index (χ1v) is 11.0. The van der Waals surface area contributed by atoms with Gasteiger partial charge in [-0.15, -0.1) is 0 Å². The minimum Gasteiger partial charge on any atom is -0.488 e. The molecule has 0 atom stereocenters. The van der Waals surface area contributed by atoms with Crippen molar-refractivity contribution in [2.75, 3.05) is 4.90 Å². The molecule has 4 rings (SSSR count). The van der Waals surface area contributed by atoms with Crippen LogP contribution < -0.4 is 15.0 Å². The van der Waals surface area contributed by atoms with Gasteiger partial charge in [0, 0.05) is 5.02 Å². The number of amides is 3. The molecule has 0 aromatic heterocycles. The summed E-state index contributed by atoms with van der Waals surface area (Å²) in [6.07, 6.45) is 1.66. The molecule has 1 aliphatic heterocycles. The van der Waals surface area contributed by atoms with Gasteiger partial charge in [0.15, 0.2) is 0 Å². The van der Waals surface area contributed by atoms with Crippen LogP contribution in [0.1, 0.15) is 16.7 Å². The smallest absolute Gasteiger partial charge is 0.333 e. The van der Waals surface area contributed by atoms with Crippen LogP contribution in [0.5, 0.6) is 5.75 Å². The predicted molar refractivity (Wildman–Crippen MR) is 130 cm³/mol. The summed E-state index contributed by atoms with van der Waals surface area (Å²) in [5.74, 6) is 0.343. The molecule has 1 fully saturated rings. The fourth-order valence-corrected chi connectivity index (χ4v) is 4.03. The first kappa shape index (κ1) is 21.4. The summed E-state index contributed by atoms with van der Waals surface area (Å²) < 4.78 is 6.85. The molecule has 1 heterocycles. The number of hydrogen-bond acceptors (Lipinski definition) is 3. The zero-order chi connectivity index (χ0) is 22.0. The van der Waals surface area contributed by atoms with E-state index < -0.39 is 11.9 Å². The van der Waals surface area contributed by atoms with Crippen LogP contribution in [-0.2, 0) is 11.4 Å². The Balaban J connectivity index is 1.49. The zero-order valence-electron chi connectivity index (χ0n) is 16.6. The van der Waals surface area contributed by atoms with Gasteiger partial charge >= 0.3 is 6.03 Å². The molecule has 0 spiro atoms. The van der Waals surface area contributed by atoms with E-state index in [1.54, 1.807) is 30.3 Å². The Kier molecular flexibility index (Phi) is 6.29. The van der Waals surface area contributed by atoms with Crippen LogP contribution >= 0.6 is 34.2 Å². The molecular weight excluding hydrogens is 527 g/mol. The van der Waals surface area contributed by atoms with Crippen LogP contribution in [0.3, 0.4) is 0 Å². The average molecular weight is 545 g/mol. The summed E-state index contributed by atoms with van der Waals surface area (Å²) in [4.78, 5) is 26.2. The van der Waals surface area contributed by atoms with Crippen molar-refractivity contribution in [2.45, 2.75) is 13.5 Å². The number of hydrogen-bond donors (Lipinski definition) is 1. The van der Waals surface area contributed by atoms with Gasteiger partial charge in [0.1, 0.15) is 18.1 Å². The number of carbonyl (C=O) groups excluding carboxylic acids is 2. The lowest BCUT2D eigenvalue weighted by molar-refractivity contribution is -0.113. The van der Waals surface area contributed by atoms with Crippen molar-refractivity contribution >= 4 is 57.9 Å². The first-order valence-electron chi connectivity index (χ1n) is 9.51. The summed E-state index contributed by atoms with van der Waals surface area (Å²) in [6, 6.07) is 19.8. The van der Waals surface area contributed by atoms with E-state index in [-0.39, 0.29) is 5.70 Å². The molecule has 1 N–H and O–H groups in total. The molecule has 31 heavy (non-hydrogen) atoms. The maximum atomic E-state index is 12.8. The Hall–Kier alpha value is -2.84. The van der Waals surface area contributed by atoms with Crippen LogP contribution in [0.25, 0.3) is 6.08 Å². The molecule has 3 amide bonds. The minimum atomic E-state index is -0.494. The van der Waals surface area contributed by atoms with Crippen molar-refractivity contribution in [2.24, 2.45) is 0 Å². The summed E-state index contributed by atoms with van der Waals surface area (Å²) in [7, 11) is 0. The van der Waals surface area contributed by atoms with Gasteiger partial charge in [-0.1, -0.05) is 47.5 Å². The highest BCUT2D eigenvalue weighted by atomic mass is 127. The fourth-order valence-electron chi connectivity index (χ4n) is 3.21. The molecule has 3 aromatic carbocycles. The predicted octanol–water partition coefficient (Wildman–Crippen LogP) is 5.93. The maximum Gasteiger partial charge on any atom is 0.333 e. The van der Waals surface area contributed by atoms with Crippen molar-refractivity contribution in [3.8, 4) is 5.75 Å². The van der Waals surface area contributed by atoms with E-state index in [4.69, 9.17) is 16.3 Å². The van der Waals surface area contributed by atoms with Gasteiger partial charge < -0.3 is 10.1 Å². The number of nitrogens with one attached hydrogen (secondary N) is 1. The second-order valence-electron chi connectivity index (χ2n) is 7.07. The second-order valence-corrected chi connectivity index (χ2v) is 8.67. The van der Waals surface area contributed by atoms with Crippen molar-refractivity contribution in [3.63, 3.8) is 0 Å². The lowest BCUT2D eigenvalue weighted by Crippen LogP contribution is -2.30. The molecule has 3 aromatic rings. The fraction of sp³-hybridized carbons (Fsp3) is 0.0833. The topological polar surface area (TPSA) is 58.6 Å². The van der Waals surface area contributed by atoms with Crippen molar-refractivity contribution in [1.82, 2.24) is 5.32 Å². The molecule has 156 valence electrons. The van der Waals surface area contributed by atoms with E-state index in [0.29, 0.717) is 17.3 Å². The van der Waals surface area contributed by atoms with Crippen LogP contribution in [0, 0.1) is 10.5 Å². The van der Waals surface area contributed by atoms with Crippen molar-refractivity contribution < 1.29 is 14.3 Å². The van der Waals surface area contributed by atoms with E-state index in [0.717, 1.165) is 25.3 Å². The van der Waals surface area contributed by atoms with Gasteiger partial charge in [0.25, 0.3) is 5.91 Å². The highest BCUT2D eigenvalue weighted by Crippen LogP contribution is 2.27. The number of carbonyl (C=O) groups is 2. The van der Waals surface area contributed by atoms with Gasteiger partial charge in [-0.05, 0) is 83.1 Å². The van der Waals surface area contributed by atoms with Crippen molar-refractivity contribution in [1.29, 1.82) is 0 Å². The Morgan fingerprint density at radius 1 is 1.06 bits per heavy atom. The summed E-state index contributed by atoms with van der Waals surface area (Å²) in [5.41, 5.74) is 3.75. The number of imide groups is 1. The molecule has 1 aliphatic rings. The number of benzene rings is 3. The molecule has 5 nitrogen and oxygen atoms in total. The third-order valence-corrected chi connectivity index (χ3v) is 5.80. The Morgan fingerprint density at radius 2 is 1.84 bits per heavy atom. The summed E-state index contributed by atoms with van der Waals surface area (Å²) >= 11 is 8.09. The molecule has 7 heteroatoms. The molecule has 0 radical (unpaired) electrons. The van der Waals surface area contributed by atoms with Crippen molar-refractivity contribution in [3.05, 3.63) is 97.7 Å². The van der Waals surface area contributed by atoms with E-state index in [9.17, 15) is 9.59 Å². The molecular formula is C24H18ClIN2O3. The van der Waals surface area contributed by atoms with Crippen LogP contribution in [0.15, 0.2) is 72.4 Å². The third-order valence-electron chi connectivity index (χ3n) is 4.71. The van der Waals surface area contributed by atoms with Gasteiger partial charge in [0.2, 0.25) is 0 Å². The molecule has 0 unspecified atom stereocenters. The number of anilines is 1. The van der Waals surface area contributed by atoms with Crippen LogP contribution in [-0.4, -0.2) is 11.9 Å². The Morgan fingerprint density at radius 3 is 2.55 bits per heavy atom. The highest BCUT2D eigenvalue weighted by molar-refractivity contribution is 14.1. The van der Waals surface area contributed by atoms with Gasteiger partial charge in [-0.25, -0.2) is 9.69 Å². The van der Waals surface area contributed by atoms with Gasteiger partial charge in [-0.2, -0.15) is 0 Å². The van der Waals surface area contributed by atoms with E-state index in [1.165, 1.54) is 5.56 Å². The highest BCUT2D eigenvalue weighted by Gasteiger charge is 2.34. The quantitative estimate of drug-likeness (QED) is 0.246. The largest absolute Gasteiger partial charge is 0.488 e. The SMILES string of the molecule is Cc1cccc(COc2ccc(/C=C3/NC(=O)N(c4ccc(Cl)cc4)C3=O)cc2I)c1. The number of urea groups is 1. The normalized spacial score (nSPS) is 14.8. The lowest BCUT2D eigenvalue weighted by Gasteiger charge is -2.11. The first-order chi connectivity index (χ1) is 14.9. The molecule has 0 saturated carbocycles. The maximum absolute atomic E-state index is 12.8. The Labute approximate surface area is 198 Å². The van der Waals surface area contributed by atoms with Gasteiger partial charge in [0.05, 0.1) is 9.26 Å². The number of aryl methyl sites for hydroxylation is 1. The summed E-state index contributed by atoms with van der Waals surface area (Å²) in [6.45, 7) is 2.52. The minimum absolute atomic E-state index is 0.212. The zero-order valence-corrected chi connectivity index (χ0v) is 19.5. The number of nitrogens with zero attached hydrogens (tertiary/aromatic N) is 1. The van der Waals surface area contributed by atoms with E-state index in [1.807, 2.05) is 43.3 Å². The lowest BCUT2D eigenvalue weighted by atomic mass is 10.1. The van der Waals surface area contributed by atoms with Crippen LogP contribution in [0.4, 0.5) is 10.5 Å². The number of rotatable bonds is 5. The van der Waals surface area contributed by atoms with Gasteiger partial charge in [-0.3, -0.25) is 4.79 Å². The molecule has 0 bridgehead atoms. The van der Waals surface area contributed by atoms with E-state index >= 15 is 0 Å². The molecule has 1 saturated heterocycles. The van der Waals surface area contributed by atoms with E-state index in [2.05, 4.69) is 34.0 Å². The number of ether oxygens (including phenoxy) is 1. The monoisotopic (exact) mass is 544 g/mol. The third kappa shape index (κ3) is 4.91. The second kappa shape index (κ2) is 9.11. The van der Waals surface area contributed by atoms with Crippen LogP contribution in [0.2, 0.25) is 5.02 Å². The number of halogens is 2. The summed E-state index contributed by atoms with van der Waals surface area (Å²) in [5, 5.41) is 3.17. The standard InChI is InChI=1S/C24H18ClIN2O3/c1-15-3-2-4-17(11-15)14-31-22-10-5-16(12-20(22)26)13-21-23(29)28(24(30)27-21)19-8-6-18(25)7-9-19/h2-13H,14H2,1H3,(H,27,30)/b21-13+.